The molecule has 21 heavy (non-hydrogen) atoms. The van der Waals surface area contributed by atoms with Gasteiger partial charge in [0.1, 0.15) is 0 Å². The maximum Gasteiger partial charge on any atom is 0.271 e. The minimum absolute atomic E-state index is 0.109. The van der Waals surface area contributed by atoms with Gasteiger partial charge in [-0.2, -0.15) is 0 Å². The van der Waals surface area contributed by atoms with E-state index < -0.39 is 4.92 Å². The Morgan fingerprint density at radius 2 is 2.05 bits per heavy atom. The Morgan fingerprint density at radius 1 is 1.43 bits per heavy atom. The van der Waals surface area contributed by atoms with Crippen molar-refractivity contribution >= 4 is 27.5 Å². The highest BCUT2D eigenvalue weighted by atomic mass is 79.9. The van der Waals surface area contributed by atoms with Gasteiger partial charge in [-0.25, -0.2) is 0 Å². The van der Waals surface area contributed by atoms with Crippen LogP contribution in [-0.4, -0.2) is 35.4 Å². The first-order valence-corrected chi connectivity index (χ1v) is 7.44. The van der Waals surface area contributed by atoms with Crippen LogP contribution in [0.1, 0.15) is 31.1 Å². The molecule has 0 bridgehead atoms. The Bertz CT molecular complexity index is 546. The molecule has 0 atom stereocenters. The van der Waals surface area contributed by atoms with Crippen LogP contribution in [0, 0.1) is 15.5 Å². The van der Waals surface area contributed by atoms with Gasteiger partial charge in [0.2, 0.25) is 0 Å². The Labute approximate surface area is 132 Å². The number of carbonyl (C=O) groups excluding carboxylic acids is 1. The summed E-state index contributed by atoms with van der Waals surface area (Å²) in [5.74, 6) is -0.233. The summed E-state index contributed by atoms with van der Waals surface area (Å²) >= 11 is 3.20. The van der Waals surface area contributed by atoms with Gasteiger partial charge in [-0.1, -0.05) is 29.8 Å². The first-order valence-electron chi connectivity index (χ1n) is 6.64. The molecule has 0 spiro atoms. The fraction of sp³-hybridized carbons (Fsp3) is 0.500. The van der Waals surface area contributed by atoms with Crippen molar-refractivity contribution in [2.24, 2.45) is 11.1 Å². The molecular formula is C14H20BrN3O3. The second kappa shape index (κ2) is 7.00. The molecule has 0 aliphatic heterocycles. The van der Waals surface area contributed by atoms with E-state index in [-0.39, 0.29) is 17.0 Å². The van der Waals surface area contributed by atoms with Crippen LogP contribution in [-0.2, 0) is 0 Å². The predicted molar refractivity (Wildman–Crippen MR) is 85.2 cm³/mol. The molecule has 2 N–H and O–H groups in total. The second-order valence-electron chi connectivity index (χ2n) is 5.64. The van der Waals surface area contributed by atoms with Gasteiger partial charge in [0.05, 0.1) is 4.92 Å². The number of amides is 1. The van der Waals surface area contributed by atoms with Gasteiger partial charge in [0.25, 0.3) is 11.6 Å². The molecule has 7 heteroatoms. The number of carbonyl (C=O) groups is 1. The fourth-order valence-electron chi connectivity index (χ4n) is 1.89. The molecule has 1 aromatic rings. The molecule has 0 aliphatic carbocycles. The summed E-state index contributed by atoms with van der Waals surface area (Å²) in [4.78, 5) is 24.6. The summed E-state index contributed by atoms with van der Waals surface area (Å²) in [5.41, 5.74) is 5.68. The van der Waals surface area contributed by atoms with Gasteiger partial charge < -0.3 is 10.6 Å². The van der Waals surface area contributed by atoms with Gasteiger partial charge >= 0.3 is 0 Å². The van der Waals surface area contributed by atoms with Crippen LogP contribution in [0.2, 0.25) is 0 Å². The van der Waals surface area contributed by atoms with E-state index in [1.165, 1.54) is 12.1 Å². The molecule has 1 amide bonds. The van der Waals surface area contributed by atoms with Crippen molar-refractivity contribution in [2.45, 2.75) is 20.8 Å². The van der Waals surface area contributed by atoms with Crippen molar-refractivity contribution in [1.29, 1.82) is 0 Å². The third-order valence-corrected chi connectivity index (χ3v) is 3.64. The minimum atomic E-state index is -0.512. The summed E-state index contributed by atoms with van der Waals surface area (Å²) in [6.45, 7) is 7.30. The average molecular weight is 358 g/mol. The van der Waals surface area contributed by atoms with Gasteiger partial charge in [-0.3, -0.25) is 14.9 Å². The first-order chi connectivity index (χ1) is 9.70. The third-order valence-electron chi connectivity index (χ3n) is 3.18. The number of nitrogens with zero attached hydrogens (tertiary/aromatic N) is 2. The predicted octanol–water partition coefficient (Wildman–Crippen LogP) is 2.80. The lowest BCUT2D eigenvalue weighted by Gasteiger charge is -2.31. The lowest BCUT2D eigenvalue weighted by Crippen LogP contribution is -2.42. The number of rotatable bonds is 6. The SMILES string of the molecule is CCN(CC(C)(C)CN)C(=O)c1cc(Br)cc([N+](=O)[O-])c1. The molecule has 6 nitrogen and oxygen atoms in total. The zero-order valence-electron chi connectivity index (χ0n) is 12.4. The van der Waals surface area contributed by atoms with E-state index in [2.05, 4.69) is 15.9 Å². The molecular weight excluding hydrogens is 338 g/mol. The van der Waals surface area contributed by atoms with Crippen LogP contribution in [0.5, 0.6) is 0 Å². The van der Waals surface area contributed by atoms with E-state index in [0.717, 1.165) is 0 Å². The molecule has 1 rings (SSSR count). The molecule has 1 aromatic carbocycles. The molecule has 0 aromatic heterocycles. The van der Waals surface area contributed by atoms with Crippen LogP contribution in [0.3, 0.4) is 0 Å². The van der Waals surface area contributed by atoms with E-state index in [1.807, 2.05) is 20.8 Å². The summed E-state index contributed by atoms with van der Waals surface area (Å²) in [7, 11) is 0. The van der Waals surface area contributed by atoms with Crippen molar-refractivity contribution in [3.63, 3.8) is 0 Å². The normalized spacial score (nSPS) is 11.3. The number of nitrogens with two attached hydrogens (primary N) is 1. The lowest BCUT2D eigenvalue weighted by molar-refractivity contribution is -0.385. The highest BCUT2D eigenvalue weighted by Gasteiger charge is 2.24. The molecule has 0 unspecified atom stereocenters. The number of halogens is 1. The van der Waals surface area contributed by atoms with Crippen molar-refractivity contribution in [3.8, 4) is 0 Å². The van der Waals surface area contributed by atoms with Crippen molar-refractivity contribution in [1.82, 2.24) is 4.90 Å². The van der Waals surface area contributed by atoms with Crippen LogP contribution in [0.4, 0.5) is 5.69 Å². The average Bonchev–Trinajstić information content (AvgIpc) is 2.43. The Balaban J connectivity index is 3.08. The van der Waals surface area contributed by atoms with Crippen LogP contribution >= 0.6 is 15.9 Å². The molecule has 0 heterocycles. The maximum absolute atomic E-state index is 12.5. The largest absolute Gasteiger partial charge is 0.338 e. The summed E-state index contributed by atoms with van der Waals surface area (Å²) in [6, 6.07) is 4.26. The number of nitro groups is 1. The highest BCUT2D eigenvalue weighted by Crippen LogP contribution is 2.23. The molecule has 0 aliphatic rings. The Hall–Kier alpha value is -1.47. The minimum Gasteiger partial charge on any atom is -0.338 e. The zero-order valence-corrected chi connectivity index (χ0v) is 14.0. The van der Waals surface area contributed by atoms with E-state index in [0.29, 0.717) is 29.7 Å². The number of benzene rings is 1. The van der Waals surface area contributed by atoms with Crippen LogP contribution < -0.4 is 5.73 Å². The van der Waals surface area contributed by atoms with Crippen molar-refractivity contribution in [3.05, 3.63) is 38.3 Å². The molecule has 0 saturated carbocycles. The maximum atomic E-state index is 12.5. The smallest absolute Gasteiger partial charge is 0.271 e. The van der Waals surface area contributed by atoms with E-state index >= 15 is 0 Å². The van der Waals surface area contributed by atoms with Gasteiger partial charge in [0, 0.05) is 35.3 Å². The molecule has 0 radical (unpaired) electrons. The van der Waals surface area contributed by atoms with Gasteiger partial charge in [-0.15, -0.1) is 0 Å². The van der Waals surface area contributed by atoms with Crippen molar-refractivity contribution < 1.29 is 9.72 Å². The zero-order chi connectivity index (χ0) is 16.2. The first kappa shape index (κ1) is 17.6. The number of non-ortho nitro benzene ring substituents is 1. The van der Waals surface area contributed by atoms with Crippen LogP contribution in [0.15, 0.2) is 22.7 Å². The monoisotopic (exact) mass is 357 g/mol. The summed E-state index contributed by atoms with van der Waals surface area (Å²) in [6.07, 6.45) is 0. The highest BCUT2D eigenvalue weighted by molar-refractivity contribution is 9.10. The second-order valence-corrected chi connectivity index (χ2v) is 6.56. The van der Waals surface area contributed by atoms with E-state index in [9.17, 15) is 14.9 Å². The molecule has 0 fully saturated rings. The standard InChI is InChI=1S/C14H20BrN3O3/c1-4-17(9-14(2,3)8-16)13(19)10-5-11(15)7-12(6-10)18(20)21/h5-7H,4,8-9,16H2,1-3H3. The quantitative estimate of drug-likeness (QED) is 0.625. The Morgan fingerprint density at radius 3 is 2.52 bits per heavy atom. The fourth-order valence-corrected chi connectivity index (χ4v) is 2.38. The lowest BCUT2D eigenvalue weighted by atomic mass is 9.93. The van der Waals surface area contributed by atoms with Crippen LogP contribution in [0.25, 0.3) is 0 Å². The number of hydrogen-bond donors (Lipinski definition) is 1. The third kappa shape index (κ3) is 4.78. The van der Waals surface area contributed by atoms with Gasteiger partial charge in [0.15, 0.2) is 0 Å². The summed E-state index contributed by atoms with van der Waals surface area (Å²) in [5, 5.41) is 10.9. The summed E-state index contributed by atoms with van der Waals surface area (Å²) < 4.78 is 0.509. The van der Waals surface area contributed by atoms with E-state index in [1.54, 1.807) is 11.0 Å². The number of hydrogen-bond acceptors (Lipinski definition) is 4. The Kier molecular flexibility index (Phi) is 5.86. The molecule has 116 valence electrons. The van der Waals surface area contributed by atoms with Gasteiger partial charge in [-0.05, 0) is 24.9 Å². The topological polar surface area (TPSA) is 89.5 Å². The number of nitro benzene ring substituents is 1. The van der Waals surface area contributed by atoms with Crippen molar-refractivity contribution in [2.75, 3.05) is 19.6 Å². The molecule has 0 saturated heterocycles. The van der Waals surface area contributed by atoms with E-state index in [4.69, 9.17) is 5.73 Å².